The molecule has 0 aliphatic heterocycles. The van der Waals surface area contributed by atoms with Gasteiger partial charge in [-0.05, 0) is 43.4 Å². The number of hydrogen-bond donors (Lipinski definition) is 2. The van der Waals surface area contributed by atoms with Gasteiger partial charge in [0.15, 0.2) is 6.10 Å². The van der Waals surface area contributed by atoms with Crippen molar-refractivity contribution in [3.05, 3.63) is 69.6 Å². The van der Waals surface area contributed by atoms with Crippen LogP contribution in [0.1, 0.15) is 46.6 Å². The maximum atomic E-state index is 12.6. The Labute approximate surface area is 194 Å². The molecule has 0 saturated carbocycles. The molecule has 32 heavy (non-hydrogen) atoms. The van der Waals surface area contributed by atoms with Crippen LogP contribution in [0.3, 0.4) is 0 Å². The van der Waals surface area contributed by atoms with Gasteiger partial charge in [0.1, 0.15) is 11.4 Å². The Morgan fingerprint density at radius 1 is 1.16 bits per heavy atom. The summed E-state index contributed by atoms with van der Waals surface area (Å²) < 4.78 is 6.11. The minimum absolute atomic E-state index is 0.0941. The molecule has 0 radical (unpaired) electrons. The smallest absolute Gasteiger partial charge is 0.326 e. The van der Waals surface area contributed by atoms with E-state index in [1.807, 2.05) is 42.5 Å². The van der Waals surface area contributed by atoms with Gasteiger partial charge in [0, 0.05) is 10.1 Å². The SMILES string of the molecule is CC(OC(=O)CNC(=O)c1sc2ccccc2c1Cl)C(=O)NC1CCCc2ccccc21. The molecule has 2 unspecified atom stereocenters. The molecule has 8 heteroatoms. The van der Waals surface area contributed by atoms with E-state index in [1.54, 1.807) is 0 Å². The highest BCUT2D eigenvalue weighted by Gasteiger charge is 2.25. The Morgan fingerprint density at radius 2 is 1.91 bits per heavy atom. The van der Waals surface area contributed by atoms with Gasteiger partial charge in [0.25, 0.3) is 11.8 Å². The summed E-state index contributed by atoms with van der Waals surface area (Å²) in [5.74, 6) is -1.51. The predicted octanol–water partition coefficient (Wildman–Crippen LogP) is 4.41. The van der Waals surface area contributed by atoms with Crippen LogP contribution in [0.4, 0.5) is 0 Å². The summed E-state index contributed by atoms with van der Waals surface area (Å²) in [7, 11) is 0. The molecule has 2 amide bonds. The zero-order valence-electron chi connectivity index (χ0n) is 17.5. The second-order valence-corrected chi connectivity index (χ2v) is 9.14. The van der Waals surface area contributed by atoms with E-state index < -0.39 is 18.0 Å². The van der Waals surface area contributed by atoms with Crippen molar-refractivity contribution in [2.24, 2.45) is 0 Å². The number of esters is 1. The normalized spacial score (nSPS) is 16.1. The lowest BCUT2D eigenvalue weighted by atomic mass is 9.87. The van der Waals surface area contributed by atoms with Crippen LogP contribution < -0.4 is 10.6 Å². The van der Waals surface area contributed by atoms with Crippen molar-refractivity contribution in [3.8, 4) is 0 Å². The number of rotatable bonds is 6. The van der Waals surface area contributed by atoms with Gasteiger partial charge in [-0.3, -0.25) is 14.4 Å². The Kier molecular flexibility index (Phi) is 6.77. The van der Waals surface area contributed by atoms with Crippen LogP contribution in [0, 0.1) is 0 Å². The second-order valence-electron chi connectivity index (χ2n) is 7.71. The summed E-state index contributed by atoms with van der Waals surface area (Å²) in [5.41, 5.74) is 2.34. The van der Waals surface area contributed by atoms with Crippen LogP contribution >= 0.6 is 22.9 Å². The number of nitrogens with one attached hydrogen (secondary N) is 2. The highest BCUT2D eigenvalue weighted by Crippen LogP contribution is 2.35. The van der Waals surface area contributed by atoms with Gasteiger partial charge < -0.3 is 15.4 Å². The van der Waals surface area contributed by atoms with Crippen molar-refractivity contribution in [2.75, 3.05) is 6.54 Å². The van der Waals surface area contributed by atoms with Crippen molar-refractivity contribution in [1.82, 2.24) is 10.6 Å². The lowest BCUT2D eigenvalue weighted by Gasteiger charge is -2.27. The lowest BCUT2D eigenvalue weighted by Crippen LogP contribution is -2.40. The summed E-state index contributed by atoms with van der Waals surface area (Å²) in [6.45, 7) is 1.17. The predicted molar refractivity (Wildman–Crippen MR) is 125 cm³/mol. The van der Waals surface area contributed by atoms with Gasteiger partial charge in [0.2, 0.25) is 0 Å². The van der Waals surface area contributed by atoms with Crippen LogP contribution in [0.2, 0.25) is 5.02 Å². The zero-order valence-corrected chi connectivity index (χ0v) is 19.1. The van der Waals surface area contributed by atoms with Crippen LogP contribution in [0.5, 0.6) is 0 Å². The largest absolute Gasteiger partial charge is 0.451 e. The molecule has 3 aromatic rings. The fraction of sp³-hybridized carbons (Fsp3) is 0.292. The van der Waals surface area contributed by atoms with E-state index in [-0.39, 0.29) is 18.5 Å². The molecule has 2 atom stereocenters. The van der Waals surface area contributed by atoms with E-state index in [1.165, 1.54) is 23.8 Å². The molecule has 166 valence electrons. The molecule has 1 aliphatic carbocycles. The molecule has 4 rings (SSSR count). The van der Waals surface area contributed by atoms with Gasteiger partial charge in [-0.15, -0.1) is 11.3 Å². The average molecular weight is 471 g/mol. The monoisotopic (exact) mass is 470 g/mol. The van der Waals surface area contributed by atoms with E-state index in [4.69, 9.17) is 16.3 Å². The van der Waals surface area contributed by atoms with E-state index in [2.05, 4.69) is 16.7 Å². The lowest BCUT2D eigenvalue weighted by molar-refractivity contribution is -0.154. The standard InChI is InChI=1S/C24H23ClN2O4S/c1-14(23(29)27-18-11-6-8-15-7-2-3-9-16(15)18)31-20(28)13-26-24(30)22-21(25)17-10-4-5-12-19(17)32-22/h2-5,7,9-10,12,14,18H,6,8,11,13H2,1H3,(H,26,30)(H,27,29). The van der Waals surface area contributed by atoms with Gasteiger partial charge in [0.05, 0.1) is 11.1 Å². The zero-order chi connectivity index (χ0) is 22.7. The molecule has 2 aromatic carbocycles. The summed E-state index contributed by atoms with van der Waals surface area (Å²) in [5, 5.41) is 6.65. The third kappa shape index (κ3) is 4.79. The molecule has 0 fully saturated rings. The molecule has 0 saturated heterocycles. The Hall–Kier alpha value is -2.90. The number of amides is 2. The summed E-state index contributed by atoms with van der Waals surface area (Å²) in [4.78, 5) is 37.6. The number of fused-ring (bicyclic) bond motifs is 2. The first-order valence-electron chi connectivity index (χ1n) is 10.5. The number of halogens is 1. The first-order chi connectivity index (χ1) is 15.4. The number of ether oxygens (including phenoxy) is 1. The molecule has 6 nitrogen and oxygen atoms in total. The van der Waals surface area contributed by atoms with Crippen molar-refractivity contribution >= 4 is 50.8 Å². The summed E-state index contributed by atoms with van der Waals surface area (Å²) in [6.07, 6.45) is 1.86. The third-order valence-corrected chi connectivity index (χ3v) is 7.17. The summed E-state index contributed by atoms with van der Waals surface area (Å²) in [6, 6.07) is 15.4. The molecule has 1 aromatic heterocycles. The van der Waals surface area contributed by atoms with Crippen LogP contribution in [-0.2, 0) is 20.7 Å². The fourth-order valence-corrected chi connectivity index (χ4v) is 5.31. The highest BCUT2D eigenvalue weighted by atomic mass is 35.5. The minimum atomic E-state index is -0.971. The second kappa shape index (κ2) is 9.71. The van der Waals surface area contributed by atoms with Crippen molar-refractivity contribution < 1.29 is 19.1 Å². The third-order valence-electron chi connectivity index (χ3n) is 5.50. The molecule has 1 aliphatic rings. The first kappa shape index (κ1) is 22.3. The Morgan fingerprint density at radius 3 is 2.72 bits per heavy atom. The van der Waals surface area contributed by atoms with Gasteiger partial charge in [-0.25, -0.2) is 0 Å². The number of benzene rings is 2. The van der Waals surface area contributed by atoms with Gasteiger partial charge >= 0.3 is 5.97 Å². The maximum Gasteiger partial charge on any atom is 0.326 e. The van der Waals surface area contributed by atoms with E-state index in [9.17, 15) is 14.4 Å². The van der Waals surface area contributed by atoms with Crippen LogP contribution in [-0.4, -0.2) is 30.4 Å². The van der Waals surface area contributed by atoms with Crippen molar-refractivity contribution in [2.45, 2.75) is 38.3 Å². The molecule has 0 bridgehead atoms. The first-order valence-corrected chi connectivity index (χ1v) is 11.7. The van der Waals surface area contributed by atoms with Crippen LogP contribution in [0.15, 0.2) is 48.5 Å². The quantitative estimate of drug-likeness (QED) is 0.522. The van der Waals surface area contributed by atoms with Gasteiger partial charge in [-0.2, -0.15) is 0 Å². The van der Waals surface area contributed by atoms with Gasteiger partial charge in [-0.1, -0.05) is 54.1 Å². The Balaban J connectivity index is 1.29. The van der Waals surface area contributed by atoms with E-state index >= 15 is 0 Å². The average Bonchev–Trinajstić information content (AvgIpc) is 3.14. The van der Waals surface area contributed by atoms with Crippen LogP contribution in [0.25, 0.3) is 10.1 Å². The molecule has 0 spiro atoms. The number of thiophene rings is 1. The molecule has 2 N–H and O–H groups in total. The Bertz CT molecular complexity index is 1180. The topological polar surface area (TPSA) is 84.5 Å². The minimum Gasteiger partial charge on any atom is -0.451 e. The molecule has 1 heterocycles. The molecular formula is C24H23ClN2O4S. The highest BCUT2D eigenvalue weighted by molar-refractivity contribution is 7.21. The fourth-order valence-electron chi connectivity index (χ4n) is 3.88. The summed E-state index contributed by atoms with van der Waals surface area (Å²) >= 11 is 7.56. The number of carbonyl (C=O) groups is 3. The molecular weight excluding hydrogens is 448 g/mol. The van der Waals surface area contributed by atoms with E-state index in [0.717, 1.165) is 34.9 Å². The number of carbonyl (C=O) groups excluding carboxylic acids is 3. The van der Waals surface area contributed by atoms with Crippen molar-refractivity contribution in [3.63, 3.8) is 0 Å². The number of hydrogen-bond acceptors (Lipinski definition) is 5. The number of aryl methyl sites for hydroxylation is 1. The van der Waals surface area contributed by atoms with E-state index in [0.29, 0.717) is 9.90 Å². The van der Waals surface area contributed by atoms with Crippen molar-refractivity contribution in [1.29, 1.82) is 0 Å². The maximum absolute atomic E-state index is 12.6.